The zero-order valence-electron chi connectivity index (χ0n) is 11.3. The van der Waals surface area contributed by atoms with Crippen molar-refractivity contribution in [1.29, 1.82) is 0 Å². The Bertz CT molecular complexity index is 602. The Kier molecular flexibility index (Phi) is 5.29. The number of halogens is 1. The van der Waals surface area contributed by atoms with Gasteiger partial charge in [-0.25, -0.2) is 0 Å². The topological polar surface area (TPSA) is 62.1 Å². The van der Waals surface area contributed by atoms with E-state index in [2.05, 4.69) is 9.93 Å². The van der Waals surface area contributed by atoms with Crippen molar-refractivity contribution < 1.29 is 19.7 Å². The number of hydrogen-bond donors (Lipinski definition) is 2. The number of hydrogen-bond acceptors (Lipinski definition) is 4. The molecule has 0 aliphatic carbocycles. The van der Waals surface area contributed by atoms with Gasteiger partial charge in [0.15, 0.2) is 0 Å². The van der Waals surface area contributed by atoms with Gasteiger partial charge in [-0.3, -0.25) is 4.99 Å². The van der Waals surface area contributed by atoms with Gasteiger partial charge in [-0.15, -0.1) is 0 Å². The van der Waals surface area contributed by atoms with Crippen LogP contribution in [0.1, 0.15) is 11.1 Å². The summed E-state index contributed by atoms with van der Waals surface area (Å²) >= 11 is 0. The monoisotopic (exact) mass is 289 g/mol. The first kappa shape index (κ1) is 15.0. The highest BCUT2D eigenvalue weighted by atomic mass is 19.3. The van der Waals surface area contributed by atoms with E-state index >= 15 is 0 Å². The number of phenols is 2. The van der Waals surface area contributed by atoms with Crippen LogP contribution < -0.4 is 0 Å². The Morgan fingerprint density at radius 3 is 2.57 bits per heavy atom. The first-order valence-electron chi connectivity index (χ1n) is 6.51. The summed E-state index contributed by atoms with van der Waals surface area (Å²) in [7, 11) is 0. The van der Waals surface area contributed by atoms with Crippen LogP contribution in [0.25, 0.3) is 0 Å². The van der Waals surface area contributed by atoms with Crippen molar-refractivity contribution in [1.82, 2.24) is 0 Å². The van der Waals surface area contributed by atoms with Crippen LogP contribution in [0.3, 0.4) is 0 Å². The molecule has 2 rings (SSSR count). The quantitative estimate of drug-likeness (QED) is 0.803. The van der Waals surface area contributed by atoms with Gasteiger partial charge in [-0.1, -0.05) is 30.3 Å². The lowest BCUT2D eigenvalue weighted by Crippen LogP contribution is -2.15. The largest absolute Gasteiger partial charge is 0.508 e. The number of aliphatic imine (C=N–C) groups is 1. The van der Waals surface area contributed by atoms with E-state index in [1.807, 2.05) is 30.3 Å². The molecule has 4 nitrogen and oxygen atoms in total. The number of rotatable bonds is 6. The Hall–Kier alpha value is -2.40. The van der Waals surface area contributed by atoms with Crippen molar-refractivity contribution in [3.63, 3.8) is 0 Å². The molecule has 21 heavy (non-hydrogen) atoms. The molecule has 0 fully saturated rings. The lowest BCUT2D eigenvalue weighted by molar-refractivity contribution is -0.136. The van der Waals surface area contributed by atoms with Crippen molar-refractivity contribution in [3.8, 4) is 11.5 Å². The van der Waals surface area contributed by atoms with Gasteiger partial charge >= 0.3 is 0 Å². The summed E-state index contributed by atoms with van der Waals surface area (Å²) in [5.41, 5.74) is 1.47. The molecule has 0 bridgehead atoms. The summed E-state index contributed by atoms with van der Waals surface area (Å²) in [5, 5.41) is 18.9. The predicted octanol–water partition coefficient (Wildman–Crippen LogP) is 3.03. The normalized spacial score (nSPS) is 12.6. The third kappa shape index (κ3) is 4.57. The van der Waals surface area contributed by atoms with Gasteiger partial charge in [0, 0.05) is 17.8 Å². The van der Waals surface area contributed by atoms with Crippen molar-refractivity contribution in [3.05, 3.63) is 59.7 Å². The molecule has 2 N–H and O–H groups in total. The summed E-state index contributed by atoms with van der Waals surface area (Å²) in [5.74, 6) is -0.115. The minimum atomic E-state index is -0.398. The van der Waals surface area contributed by atoms with Gasteiger partial charge < -0.3 is 10.2 Å². The third-order valence-corrected chi connectivity index (χ3v) is 3.01. The SMILES string of the molecule is Oc1ccc(C=NC(COF)Cc2ccccc2)c(O)c1. The molecule has 1 atom stereocenters. The number of phenolic OH excluding ortho intramolecular Hbond substituents is 2. The van der Waals surface area contributed by atoms with Crippen molar-refractivity contribution in [2.24, 2.45) is 4.99 Å². The summed E-state index contributed by atoms with van der Waals surface area (Å²) in [6.07, 6.45) is 1.97. The highest BCUT2D eigenvalue weighted by molar-refractivity contribution is 5.83. The average molecular weight is 289 g/mol. The smallest absolute Gasteiger partial charge is 0.128 e. The molecule has 0 aliphatic rings. The van der Waals surface area contributed by atoms with Crippen LogP contribution in [0.2, 0.25) is 0 Å². The first-order chi connectivity index (χ1) is 10.2. The van der Waals surface area contributed by atoms with E-state index in [4.69, 9.17) is 0 Å². The Labute approximate surface area is 122 Å². The zero-order chi connectivity index (χ0) is 15.1. The maximum Gasteiger partial charge on any atom is 0.128 e. The van der Waals surface area contributed by atoms with Gasteiger partial charge in [0.2, 0.25) is 0 Å². The van der Waals surface area contributed by atoms with Crippen LogP contribution in [-0.4, -0.2) is 29.1 Å². The van der Waals surface area contributed by atoms with Crippen LogP contribution >= 0.6 is 0 Å². The highest BCUT2D eigenvalue weighted by Gasteiger charge is 2.09. The molecule has 1 unspecified atom stereocenters. The van der Waals surface area contributed by atoms with Crippen molar-refractivity contribution in [2.75, 3.05) is 6.61 Å². The number of benzene rings is 2. The Morgan fingerprint density at radius 1 is 1.14 bits per heavy atom. The standard InChI is InChI=1S/C16H16FNO3/c17-21-11-14(8-12-4-2-1-3-5-12)18-10-13-6-7-15(19)9-16(13)20/h1-7,9-10,14,19-20H,8,11H2. The van der Waals surface area contributed by atoms with Crippen LogP contribution in [-0.2, 0) is 11.4 Å². The van der Waals surface area contributed by atoms with Gasteiger partial charge in [0.05, 0.1) is 6.04 Å². The summed E-state index contributed by atoms with van der Waals surface area (Å²) in [4.78, 5) is 7.94. The molecular weight excluding hydrogens is 273 g/mol. The summed E-state index contributed by atoms with van der Waals surface area (Å²) in [6.45, 7) is -0.162. The molecule has 0 saturated carbocycles. The van der Waals surface area contributed by atoms with Crippen LogP contribution in [0.4, 0.5) is 4.53 Å². The van der Waals surface area contributed by atoms with Crippen molar-refractivity contribution in [2.45, 2.75) is 12.5 Å². The van der Waals surface area contributed by atoms with E-state index in [0.29, 0.717) is 12.0 Å². The van der Waals surface area contributed by atoms with E-state index in [0.717, 1.165) is 5.56 Å². The fraction of sp³-hybridized carbons (Fsp3) is 0.188. The van der Waals surface area contributed by atoms with Crippen LogP contribution in [0.15, 0.2) is 53.5 Å². The van der Waals surface area contributed by atoms with Gasteiger partial charge in [-0.05, 0) is 28.6 Å². The summed E-state index contributed by atoms with van der Waals surface area (Å²) < 4.78 is 12.1. The molecule has 0 spiro atoms. The maximum atomic E-state index is 12.1. The molecule has 0 heterocycles. The second kappa shape index (κ2) is 7.40. The maximum absolute atomic E-state index is 12.1. The third-order valence-electron chi connectivity index (χ3n) is 3.01. The number of aromatic hydroxyl groups is 2. The van der Waals surface area contributed by atoms with Crippen LogP contribution in [0.5, 0.6) is 11.5 Å². The predicted molar refractivity (Wildman–Crippen MR) is 78.4 cm³/mol. The van der Waals surface area contributed by atoms with Crippen LogP contribution in [0, 0.1) is 0 Å². The second-order valence-corrected chi connectivity index (χ2v) is 4.64. The molecular formula is C16H16FNO3. The Balaban J connectivity index is 2.10. The molecule has 5 heteroatoms. The van der Waals surface area contributed by atoms with E-state index in [1.54, 1.807) is 0 Å². The van der Waals surface area contributed by atoms with Gasteiger partial charge in [0.25, 0.3) is 0 Å². The van der Waals surface area contributed by atoms with E-state index in [-0.39, 0.29) is 18.1 Å². The van der Waals surface area contributed by atoms with E-state index in [9.17, 15) is 14.7 Å². The van der Waals surface area contributed by atoms with Crippen molar-refractivity contribution >= 4 is 6.21 Å². The zero-order valence-corrected chi connectivity index (χ0v) is 11.3. The summed E-state index contributed by atoms with van der Waals surface area (Å²) in [6, 6.07) is 13.4. The first-order valence-corrected chi connectivity index (χ1v) is 6.51. The highest BCUT2D eigenvalue weighted by Crippen LogP contribution is 2.21. The lowest BCUT2D eigenvalue weighted by Gasteiger charge is -2.10. The van der Waals surface area contributed by atoms with Gasteiger partial charge in [-0.2, -0.15) is 4.94 Å². The molecule has 0 saturated heterocycles. The minimum absolute atomic E-state index is 0.0300. The van der Waals surface area contributed by atoms with Gasteiger partial charge in [0.1, 0.15) is 18.1 Å². The molecule has 0 aromatic heterocycles. The minimum Gasteiger partial charge on any atom is -0.508 e. The van der Waals surface area contributed by atoms with E-state index in [1.165, 1.54) is 24.4 Å². The molecule has 0 amide bonds. The fourth-order valence-corrected chi connectivity index (χ4v) is 1.94. The van der Waals surface area contributed by atoms with E-state index < -0.39 is 6.04 Å². The molecule has 2 aromatic carbocycles. The molecule has 110 valence electrons. The lowest BCUT2D eigenvalue weighted by atomic mass is 10.1. The average Bonchev–Trinajstić information content (AvgIpc) is 2.47. The number of nitrogens with zero attached hydrogens (tertiary/aromatic N) is 1. The fourth-order valence-electron chi connectivity index (χ4n) is 1.94. The Morgan fingerprint density at radius 2 is 1.90 bits per heavy atom. The molecule has 2 aromatic rings. The second-order valence-electron chi connectivity index (χ2n) is 4.64. The molecule has 0 aliphatic heterocycles. The molecule has 0 radical (unpaired) electrons.